The van der Waals surface area contributed by atoms with Crippen molar-refractivity contribution in [2.24, 2.45) is 5.92 Å². The number of carboxylic acids is 1. The number of rotatable bonds is 10. The highest BCUT2D eigenvalue weighted by Crippen LogP contribution is 2.45. The van der Waals surface area contributed by atoms with Crippen LogP contribution in [0.25, 0.3) is 0 Å². The molecule has 0 spiro atoms. The number of benzene rings is 3. The molecule has 7 nitrogen and oxygen atoms in total. The summed E-state index contributed by atoms with van der Waals surface area (Å²) in [6.45, 7) is 1.57. The second-order valence-electron chi connectivity index (χ2n) is 8.97. The van der Waals surface area contributed by atoms with Crippen LogP contribution in [0, 0.1) is 5.92 Å². The van der Waals surface area contributed by atoms with Crippen LogP contribution >= 0.6 is 11.6 Å². The quantitative estimate of drug-likeness (QED) is 0.357. The summed E-state index contributed by atoms with van der Waals surface area (Å²) in [6, 6.07) is 19.0. The van der Waals surface area contributed by atoms with Crippen molar-refractivity contribution < 1.29 is 28.8 Å². The number of halogens is 1. The molecule has 37 heavy (non-hydrogen) atoms. The van der Waals surface area contributed by atoms with Gasteiger partial charge in [0.1, 0.15) is 12.4 Å². The molecular formula is C29H32ClNO6. The minimum atomic E-state index is -0.750. The van der Waals surface area contributed by atoms with Crippen LogP contribution in [0.1, 0.15) is 35.6 Å². The number of aliphatic carboxylic acids is 1. The van der Waals surface area contributed by atoms with E-state index >= 15 is 0 Å². The molecule has 1 unspecified atom stereocenters. The Morgan fingerprint density at radius 2 is 1.57 bits per heavy atom. The molecule has 4 rings (SSSR count). The molecule has 0 amide bonds. The summed E-state index contributed by atoms with van der Waals surface area (Å²) in [7, 11) is 4.82. The molecule has 0 radical (unpaired) electrons. The van der Waals surface area contributed by atoms with E-state index in [0.717, 1.165) is 16.7 Å². The summed E-state index contributed by atoms with van der Waals surface area (Å²) < 4.78 is 23.4. The highest BCUT2D eigenvalue weighted by Gasteiger charge is 2.33. The molecule has 0 aromatic heterocycles. The summed E-state index contributed by atoms with van der Waals surface area (Å²) in [5, 5.41) is 10.1. The Bertz CT molecular complexity index is 1190. The number of carbonyl (C=O) groups is 1. The van der Waals surface area contributed by atoms with Gasteiger partial charge < -0.3 is 24.1 Å². The van der Waals surface area contributed by atoms with E-state index < -0.39 is 5.97 Å². The molecule has 1 aliphatic heterocycles. The molecular weight excluding hydrogens is 494 g/mol. The summed E-state index contributed by atoms with van der Waals surface area (Å²) >= 11 is 6.43. The van der Waals surface area contributed by atoms with E-state index in [1.165, 1.54) is 0 Å². The second kappa shape index (κ2) is 12.2. The molecule has 0 bridgehead atoms. The predicted molar refractivity (Wildman–Crippen MR) is 142 cm³/mol. The van der Waals surface area contributed by atoms with E-state index in [1.807, 2.05) is 54.6 Å². The lowest BCUT2D eigenvalue weighted by molar-refractivity contribution is -0.143. The van der Waals surface area contributed by atoms with Crippen LogP contribution in [-0.4, -0.2) is 50.4 Å². The van der Waals surface area contributed by atoms with Crippen LogP contribution in [0.3, 0.4) is 0 Å². The largest absolute Gasteiger partial charge is 0.496 e. The second-order valence-corrected chi connectivity index (χ2v) is 9.40. The van der Waals surface area contributed by atoms with Gasteiger partial charge in [0.05, 0.1) is 33.3 Å². The van der Waals surface area contributed by atoms with Gasteiger partial charge in [-0.2, -0.15) is 0 Å². The van der Waals surface area contributed by atoms with Crippen molar-refractivity contribution in [1.82, 2.24) is 4.90 Å². The topological polar surface area (TPSA) is 77.5 Å². The maximum absolute atomic E-state index is 11.6. The molecule has 1 heterocycles. The van der Waals surface area contributed by atoms with Gasteiger partial charge >= 0.3 is 5.97 Å². The number of piperidine rings is 1. The van der Waals surface area contributed by atoms with E-state index in [1.54, 1.807) is 27.4 Å². The smallest absolute Gasteiger partial charge is 0.306 e. The maximum atomic E-state index is 11.6. The van der Waals surface area contributed by atoms with Gasteiger partial charge in [0.2, 0.25) is 5.75 Å². The molecule has 1 saturated heterocycles. The number of carboxylic acid groups (broad SMARTS) is 1. The van der Waals surface area contributed by atoms with Gasteiger partial charge in [-0.05, 0) is 67.4 Å². The molecule has 1 aliphatic rings. The molecule has 0 saturated carbocycles. The number of nitrogens with zero attached hydrogens (tertiary/aromatic N) is 1. The summed E-state index contributed by atoms with van der Waals surface area (Å²) in [5.74, 6) is 1.18. The highest BCUT2D eigenvalue weighted by molar-refractivity contribution is 6.30. The van der Waals surface area contributed by atoms with Gasteiger partial charge in [-0.1, -0.05) is 41.9 Å². The molecule has 8 heteroatoms. The zero-order valence-electron chi connectivity index (χ0n) is 21.3. The van der Waals surface area contributed by atoms with Crippen LogP contribution in [-0.2, 0) is 11.4 Å². The Kier molecular flexibility index (Phi) is 8.79. The van der Waals surface area contributed by atoms with E-state index in [0.29, 0.717) is 60.6 Å². The standard InChI is InChI=1S/C29H32ClNO6/c1-34-24-10-9-22(30)17-23(24)27(31-13-11-20(12-14-31)29(32)33)21-15-25(35-2)28(26(16-21)36-3)37-18-19-7-5-4-6-8-19/h4-10,15-17,20,27H,11-14,18H2,1-3H3,(H,32,33). The van der Waals surface area contributed by atoms with Crippen molar-refractivity contribution in [3.05, 3.63) is 82.4 Å². The van der Waals surface area contributed by atoms with Gasteiger partial charge in [-0.15, -0.1) is 0 Å². The van der Waals surface area contributed by atoms with Crippen LogP contribution in [0.4, 0.5) is 0 Å². The number of hydrogen-bond acceptors (Lipinski definition) is 6. The Morgan fingerprint density at radius 1 is 0.946 bits per heavy atom. The van der Waals surface area contributed by atoms with Crippen LogP contribution in [0.5, 0.6) is 23.0 Å². The Balaban J connectivity index is 1.76. The number of hydrogen-bond donors (Lipinski definition) is 1. The first kappa shape index (κ1) is 26.6. The van der Waals surface area contributed by atoms with Gasteiger partial charge in [0, 0.05) is 10.6 Å². The Hall–Kier alpha value is -3.42. The zero-order valence-corrected chi connectivity index (χ0v) is 22.0. The fraction of sp³-hybridized carbons (Fsp3) is 0.345. The van der Waals surface area contributed by atoms with Crippen molar-refractivity contribution in [1.29, 1.82) is 0 Å². The van der Waals surface area contributed by atoms with Crippen molar-refractivity contribution in [2.75, 3.05) is 34.4 Å². The maximum Gasteiger partial charge on any atom is 0.306 e. The van der Waals surface area contributed by atoms with Gasteiger partial charge in [-0.3, -0.25) is 9.69 Å². The van der Waals surface area contributed by atoms with Crippen LogP contribution < -0.4 is 18.9 Å². The van der Waals surface area contributed by atoms with E-state index in [4.69, 9.17) is 30.5 Å². The molecule has 3 aromatic rings. The first-order valence-electron chi connectivity index (χ1n) is 12.2. The lowest BCUT2D eigenvalue weighted by atomic mass is 9.90. The van der Waals surface area contributed by atoms with Crippen molar-refractivity contribution >= 4 is 17.6 Å². The number of ether oxygens (including phenoxy) is 4. The molecule has 1 fully saturated rings. The summed E-state index contributed by atoms with van der Waals surface area (Å²) in [4.78, 5) is 13.8. The lowest BCUT2D eigenvalue weighted by Crippen LogP contribution is -2.39. The monoisotopic (exact) mass is 525 g/mol. The van der Waals surface area contributed by atoms with Crippen molar-refractivity contribution in [3.8, 4) is 23.0 Å². The molecule has 3 aromatic carbocycles. The van der Waals surface area contributed by atoms with Crippen LogP contribution in [0.15, 0.2) is 60.7 Å². The molecule has 0 aliphatic carbocycles. The zero-order chi connectivity index (χ0) is 26.4. The first-order valence-corrected chi connectivity index (χ1v) is 12.6. The van der Waals surface area contributed by atoms with Gasteiger partial charge in [-0.25, -0.2) is 0 Å². The fourth-order valence-corrected chi connectivity index (χ4v) is 5.02. The van der Waals surface area contributed by atoms with Crippen molar-refractivity contribution in [3.63, 3.8) is 0 Å². The van der Waals surface area contributed by atoms with E-state index in [-0.39, 0.29) is 12.0 Å². The van der Waals surface area contributed by atoms with Crippen molar-refractivity contribution in [2.45, 2.75) is 25.5 Å². The minimum absolute atomic E-state index is 0.269. The average molecular weight is 526 g/mol. The van der Waals surface area contributed by atoms with Gasteiger partial charge in [0.15, 0.2) is 11.5 Å². The van der Waals surface area contributed by atoms with E-state index in [2.05, 4.69) is 4.90 Å². The molecule has 1 N–H and O–H groups in total. The third-order valence-electron chi connectivity index (χ3n) is 6.75. The Labute approximate surface area is 222 Å². The highest BCUT2D eigenvalue weighted by atomic mass is 35.5. The summed E-state index contributed by atoms with van der Waals surface area (Å²) in [6.07, 6.45) is 1.11. The third-order valence-corrected chi connectivity index (χ3v) is 6.99. The SMILES string of the molecule is COc1ccc(Cl)cc1C(c1cc(OC)c(OCc2ccccc2)c(OC)c1)N1CCC(C(=O)O)CC1. The predicted octanol–water partition coefficient (Wildman–Crippen LogP) is 5.83. The normalized spacial score (nSPS) is 15.1. The number of likely N-dealkylation sites (tertiary alicyclic amines) is 1. The lowest BCUT2D eigenvalue weighted by Gasteiger charge is -2.38. The fourth-order valence-electron chi connectivity index (χ4n) is 4.84. The Morgan fingerprint density at radius 3 is 2.14 bits per heavy atom. The molecule has 1 atom stereocenters. The average Bonchev–Trinajstić information content (AvgIpc) is 2.93. The van der Waals surface area contributed by atoms with Crippen LogP contribution in [0.2, 0.25) is 5.02 Å². The molecule has 196 valence electrons. The van der Waals surface area contributed by atoms with Gasteiger partial charge in [0.25, 0.3) is 0 Å². The summed E-state index contributed by atoms with van der Waals surface area (Å²) in [5.41, 5.74) is 2.81. The first-order chi connectivity index (χ1) is 17.9. The minimum Gasteiger partial charge on any atom is -0.496 e. The third kappa shape index (κ3) is 6.12. The van der Waals surface area contributed by atoms with E-state index in [9.17, 15) is 9.90 Å². The number of methoxy groups -OCH3 is 3.